The second-order valence-electron chi connectivity index (χ2n) is 5.17. The molecule has 5 nitrogen and oxygen atoms in total. The summed E-state index contributed by atoms with van der Waals surface area (Å²) in [6.07, 6.45) is 0.625. The van der Waals surface area contributed by atoms with Crippen molar-refractivity contribution in [2.24, 2.45) is 0 Å². The summed E-state index contributed by atoms with van der Waals surface area (Å²) in [5, 5.41) is 5.62. The Morgan fingerprint density at radius 3 is 2.95 bits per heavy atom. The monoisotopic (exact) mass is 296 g/mol. The highest BCUT2D eigenvalue weighted by atomic mass is 16.5. The first-order chi connectivity index (χ1) is 10.6. The van der Waals surface area contributed by atoms with E-state index in [1.165, 1.54) is 0 Å². The van der Waals surface area contributed by atoms with Gasteiger partial charge in [-0.15, -0.1) is 0 Å². The first kappa shape index (κ1) is 14.1. The Morgan fingerprint density at radius 2 is 2.14 bits per heavy atom. The van der Waals surface area contributed by atoms with Crippen molar-refractivity contribution in [3.05, 3.63) is 53.6 Å². The van der Waals surface area contributed by atoms with E-state index in [1.54, 1.807) is 19.2 Å². The van der Waals surface area contributed by atoms with Crippen molar-refractivity contribution < 1.29 is 14.3 Å². The zero-order valence-electron chi connectivity index (χ0n) is 12.2. The van der Waals surface area contributed by atoms with Gasteiger partial charge in [-0.05, 0) is 41.5 Å². The molecular formula is C17H16N2O3. The van der Waals surface area contributed by atoms with Gasteiger partial charge in [0.1, 0.15) is 5.75 Å². The van der Waals surface area contributed by atoms with Gasteiger partial charge in [0.05, 0.1) is 20.0 Å². The van der Waals surface area contributed by atoms with Crippen LogP contribution in [0, 0.1) is 0 Å². The molecule has 1 aliphatic heterocycles. The highest BCUT2D eigenvalue weighted by Crippen LogP contribution is 2.26. The fourth-order valence-corrected chi connectivity index (χ4v) is 2.48. The minimum absolute atomic E-state index is 0.0187. The number of amides is 2. The zero-order chi connectivity index (χ0) is 15.5. The summed E-state index contributed by atoms with van der Waals surface area (Å²) in [7, 11) is 1.60. The molecule has 2 amide bonds. The number of benzene rings is 2. The number of nitrogens with one attached hydrogen (secondary N) is 2. The van der Waals surface area contributed by atoms with Crippen molar-refractivity contribution in [2.75, 3.05) is 17.7 Å². The third-order valence-electron chi connectivity index (χ3n) is 3.51. The Morgan fingerprint density at radius 1 is 1.27 bits per heavy atom. The molecule has 0 radical (unpaired) electrons. The van der Waals surface area contributed by atoms with E-state index in [4.69, 9.17) is 4.74 Å². The van der Waals surface area contributed by atoms with E-state index in [9.17, 15) is 9.59 Å². The molecule has 112 valence electrons. The summed E-state index contributed by atoms with van der Waals surface area (Å²) in [5.41, 5.74) is 3.30. The highest BCUT2D eigenvalue weighted by molar-refractivity contribution is 6.00. The van der Waals surface area contributed by atoms with Crippen LogP contribution in [0.4, 0.5) is 11.4 Å². The van der Waals surface area contributed by atoms with Gasteiger partial charge in [0.2, 0.25) is 11.8 Å². The fourth-order valence-electron chi connectivity index (χ4n) is 2.48. The number of anilines is 2. The molecule has 0 fully saturated rings. The van der Waals surface area contributed by atoms with Crippen LogP contribution < -0.4 is 15.4 Å². The lowest BCUT2D eigenvalue weighted by Crippen LogP contribution is -2.14. The van der Waals surface area contributed by atoms with Crippen LogP contribution in [0.15, 0.2) is 42.5 Å². The first-order valence-electron chi connectivity index (χ1n) is 6.99. The van der Waals surface area contributed by atoms with Crippen molar-refractivity contribution in [1.82, 2.24) is 0 Å². The van der Waals surface area contributed by atoms with Crippen LogP contribution in [0.2, 0.25) is 0 Å². The van der Waals surface area contributed by atoms with Gasteiger partial charge in [-0.1, -0.05) is 12.1 Å². The van der Waals surface area contributed by atoms with Gasteiger partial charge >= 0.3 is 0 Å². The SMILES string of the molecule is COc1cccc(CC(=O)Nc2ccc3c(c2)CC(=O)N3)c1. The summed E-state index contributed by atoms with van der Waals surface area (Å²) in [6, 6.07) is 12.8. The smallest absolute Gasteiger partial charge is 0.228 e. The van der Waals surface area contributed by atoms with Gasteiger partial charge in [0.15, 0.2) is 0 Å². The average Bonchev–Trinajstić information content (AvgIpc) is 2.86. The minimum Gasteiger partial charge on any atom is -0.497 e. The number of rotatable bonds is 4. The Kier molecular flexibility index (Phi) is 3.78. The van der Waals surface area contributed by atoms with E-state index in [0.717, 1.165) is 22.6 Å². The Labute approximate surface area is 128 Å². The van der Waals surface area contributed by atoms with Crippen molar-refractivity contribution in [3.8, 4) is 5.75 Å². The molecule has 0 saturated carbocycles. The Balaban J connectivity index is 1.67. The summed E-state index contributed by atoms with van der Waals surface area (Å²) in [5.74, 6) is 0.604. The minimum atomic E-state index is -0.106. The standard InChI is InChI=1S/C17H16N2O3/c1-22-14-4-2-3-11(7-14)8-16(20)18-13-5-6-15-12(9-13)10-17(21)19-15/h2-7,9H,8,10H2,1H3,(H,18,20)(H,19,21). The molecule has 1 aliphatic rings. The second-order valence-corrected chi connectivity index (χ2v) is 5.17. The van der Waals surface area contributed by atoms with Crippen molar-refractivity contribution >= 4 is 23.2 Å². The molecular weight excluding hydrogens is 280 g/mol. The molecule has 0 unspecified atom stereocenters. The van der Waals surface area contributed by atoms with E-state index < -0.39 is 0 Å². The van der Waals surface area contributed by atoms with Gasteiger partial charge < -0.3 is 15.4 Å². The number of hydrogen-bond donors (Lipinski definition) is 2. The van der Waals surface area contributed by atoms with E-state index in [0.29, 0.717) is 12.1 Å². The second kappa shape index (κ2) is 5.89. The average molecular weight is 296 g/mol. The lowest BCUT2D eigenvalue weighted by molar-refractivity contribution is -0.116. The highest BCUT2D eigenvalue weighted by Gasteiger charge is 2.17. The maximum absolute atomic E-state index is 12.1. The van der Waals surface area contributed by atoms with Crippen LogP contribution in [-0.4, -0.2) is 18.9 Å². The maximum atomic E-state index is 12.1. The normalized spacial score (nSPS) is 12.5. The molecule has 22 heavy (non-hydrogen) atoms. The van der Waals surface area contributed by atoms with Crippen LogP contribution in [0.25, 0.3) is 0 Å². The molecule has 0 atom stereocenters. The molecule has 2 N–H and O–H groups in total. The van der Waals surface area contributed by atoms with Gasteiger partial charge in [-0.2, -0.15) is 0 Å². The van der Waals surface area contributed by atoms with E-state index in [1.807, 2.05) is 30.3 Å². The summed E-state index contributed by atoms with van der Waals surface area (Å²) in [6.45, 7) is 0. The first-order valence-corrected chi connectivity index (χ1v) is 6.99. The molecule has 0 aromatic heterocycles. The third-order valence-corrected chi connectivity index (χ3v) is 3.51. The van der Waals surface area contributed by atoms with Crippen LogP contribution in [0.3, 0.4) is 0 Å². The number of hydrogen-bond acceptors (Lipinski definition) is 3. The largest absolute Gasteiger partial charge is 0.497 e. The number of carbonyl (C=O) groups is 2. The van der Waals surface area contributed by atoms with E-state index in [-0.39, 0.29) is 18.2 Å². The molecule has 0 spiro atoms. The van der Waals surface area contributed by atoms with E-state index >= 15 is 0 Å². The topological polar surface area (TPSA) is 67.4 Å². The molecule has 2 aromatic carbocycles. The molecule has 1 heterocycles. The zero-order valence-corrected chi connectivity index (χ0v) is 12.2. The molecule has 5 heteroatoms. The van der Waals surface area contributed by atoms with Crippen LogP contribution in [0.5, 0.6) is 5.75 Å². The maximum Gasteiger partial charge on any atom is 0.228 e. The van der Waals surface area contributed by atoms with Gasteiger partial charge in [-0.25, -0.2) is 0 Å². The Bertz CT molecular complexity index is 740. The molecule has 2 aromatic rings. The molecule has 0 saturated heterocycles. The third kappa shape index (κ3) is 3.09. The Hall–Kier alpha value is -2.82. The number of fused-ring (bicyclic) bond motifs is 1. The lowest BCUT2D eigenvalue weighted by Gasteiger charge is -2.08. The fraction of sp³-hybridized carbons (Fsp3) is 0.176. The lowest BCUT2D eigenvalue weighted by atomic mass is 10.1. The van der Waals surface area contributed by atoms with Gasteiger partial charge in [0, 0.05) is 11.4 Å². The van der Waals surface area contributed by atoms with Gasteiger partial charge in [-0.3, -0.25) is 9.59 Å². The predicted octanol–water partition coefficient (Wildman–Crippen LogP) is 2.37. The van der Waals surface area contributed by atoms with Crippen LogP contribution in [0.1, 0.15) is 11.1 Å². The quantitative estimate of drug-likeness (QED) is 0.910. The van der Waals surface area contributed by atoms with Crippen LogP contribution in [-0.2, 0) is 22.4 Å². The van der Waals surface area contributed by atoms with Gasteiger partial charge in [0.25, 0.3) is 0 Å². The summed E-state index contributed by atoms with van der Waals surface area (Å²) in [4.78, 5) is 23.4. The molecule has 0 bridgehead atoms. The predicted molar refractivity (Wildman–Crippen MR) is 84.1 cm³/mol. The van der Waals surface area contributed by atoms with Crippen molar-refractivity contribution in [1.29, 1.82) is 0 Å². The molecule has 3 rings (SSSR count). The number of methoxy groups -OCH3 is 1. The van der Waals surface area contributed by atoms with Crippen molar-refractivity contribution in [3.63, 3.8) is 0 Å². The number of carbonyl (C=O) groups excluding carboxylic acids is 2. The number of ether oxygens (including phenoxy) is 1. The van der Waals surface area contributed by atoms with E-state index in [2.05, 4.69) is 10.6 Å². The summed E-state index contributed by atoms with van der Waals surface area (Å²) >= 11 is 0. The van der Waals surface area contributed by atoms with Crippen molar-refractivity contribution in [2.45, 2.75) is 12.8 Å². The van der Waals surface area contributed by atoms with Crippen LogP contribution >= 0.6 is 0 Å². The summed E-state index contributed by atoms with van der Waals surface area (Å²) < 4.78 is 5.14. The molecule has 0 aliphatic carbocycles.